The molecule has 3 aliphatic heterocycles. The van der Waals surface area contributed by atoms with Crippen molar-refractivity contribution in [2.24, 2.45) is 0 Å². The lowest BCUT2D eigenvalue weighted by Gasteiger charge is -2.31. The van der Waals surface area contributed by atoms with Crippen molar-refractivity contribution < 1.29 is 19.1 Å². The van der Waals surface area contributed by atoms with E-state index < -0.39 is 16.8 Å². The van der Waals surface area contributed by atoms with Crippen LogP contribution in [0.1, 0.15) is 48.0 Å². The second-order valence-electron chi connectivity index (χ2n) is 9.72. The summed E-state index contributed by atoms with van der Waals surface area (Å²) < 4.78 is 4.90. The number of ether oxygens (including phenoxy) is 1. The lowest BCUT2D eigenvalue weighted by Crippen LogP contribution is -2.57. The summed E-state index contributed by atoms with van der Waals surface area (Å²) in [5.41, 5.74) is 1.62. The first kappa shape index (κ1) is 26.3. The Morgan fingerprint density at radius 2 is 2.00 bits per heavy atom. The molecule has 0 bridgehead atoms. The summed E-state index contributed by atoms with van der Waals surface area (Å²) in [5, 5.41) is 5.83. The Bertz CT molecular complexity index is 938. The molecule has 3 amide bonds. The minimum atomic E-state index is -0.650. The van der Waals surface area contributed by atoms with Crippen molar-refractivity contribution in [2.45, 2.75) is 48.9 Å². The van der Waals surface area contributed by atoms with Crippen molar-refractivity contribution in [3.05, 3.63) is 35.4 Å². The third-order valence-electron chi connectivity index (χ3n) is 6.84. The lowest BCUT2D eigenvalue weighted by atomic mass is 10.00. The van der Waals surface area contributed by atoms with E-state index in [1.807, 2.05) is 44.4 Å². The molecule has 4 rings (SSSR count). The normalized spacial score (nSPS) is 24.1. The number of benzene rings is 1. The summed E-state index contributed by atoms with van der Waals surface area (Å²) >= 11 is 3.27. The molecular weight excluding hydrogens is 484 g/mol. The van der Waals surface area contributed by atoms with Gasteiger partial charge in [-0.15, -0.1) is 11.8 Å². The SMILES string of the molecule is CSCC[C@H](NC(=O)[C@H]1N2C(=O)c3ccccc3[C@H]2SC1(C)C)C(=O)NCCCN1CCOCC1. The molecule has 8 nitrogen and oxygen atoms in total. The maximum Gasteiger partial charge on any atom is 0.256 e. The van der Waals surface area contributed by atoms with Gasteiger partial charge in [0.05, 0.1) is 13.2 Å². The number of hydrogen-bond acceptors (Lipinski definition) is 7. The number of thioether (sulfide) groups is 2. The van der Waals surface area contributed by atoms with Crippen molar-refractivity contribution >= 4 is 41.2 Å². The number of morpholine rings is 1. The topological polar surface area (TPSA) is 91.0 Å². The summed E-state index contributed by atoms with van der Waals surface area (Å²) in [6.07, 6.45) is 3.38. The quantitative estimate of drug-likeness (QED) is 0.457. The molecule has 10 heteroatoms. The van der Waals surface area contributed by atoms with E-state index in [1.165, 1.54) is 0 Å². The van der Waals surface area contributed by atoms with Gasteiger partial charge in [-0.05, 0) is 56.9 Å². The number of carbonyl (C=O) groups is 3. The molecule has 3 aliphatic rings. The average molecular weight is 521 g/mol. The van der Waals surface area contributed by atoms with Crippen LogP contribution in [-0.2, 0) is 14.3 Å². The standard InChI is InChI=1S/C25H36N4O4S2/c1-25(2)20(29-23(32)17-7-4-5-8-18(17)24(29)35-25)22(31)27-19(9-16-34-3)21(30)26-10-6-11-28-12-14-33-15-13-28/h4-5,7-8,19-20,24H,6,9-16H2,1-3H3,(H,26,30)(H,27,31)/t19-,20+,24+/m0/s1. The van der Waals surface area contributed by atoms with Gasteiger partial charge in [-0.2, -0.15) is 11.8 Å². The Morgan fingerprint density at radius 1 is 1.26 bits per heavy atom. The van der Waals surface area contributed by atoms with E-state index in [9.17, 15) is 14.4 Å². The van der Waals surface area contributed by atoms with Gasteiger partial charge in [0.15, 0.2) is 0 Å². The highest BCUT2D eigenvalue weighted by atomic mass is 32.2. The predicted octanol–water partition coefficient (Wildman–Crippen LogP) is 2.11. The molecule has 2 saturated heterocycles. The van der Waals surface area contributed by atoms with Crippen LogP contribution in [0.15, 0.2) is 24.3 Å². The first-order valence-corrected chi connectivity index (χ1v) is 14.6. The number of nitrogens with zero attached hydrogens (tertiary/aromatic N) is 2. The van der Waals surface area contributed by atoms with Gasteiger partial charge in [0.1, 0.15) is 17.5 Å². The summed E-state index contributed by atoms with van der Waals surface area (Å²) in [5.74, 6) is 0.217. The van der Waals surface area contributed by atoms with Gasteiger partial charge < -0.3 is 20.3 Å². The van der Waals surface area contributed by atoms with Crippen LogP contribution in [-0.4, -0.2) is 95.8 Å². The van der Waals surface area contributed by atoms with Crippen molar-refractivity contribution in [1.29, 1.82) is 0 Å². The summed E-state index contributed by atoms with van der Waals surface area (Å²) in [4.78, 5) is 43.9. The van der Waals surface area contributed by atoms with E-state index >= 15 is 0 Å². The van der Waals surface area contributed by atoms with Crippen LogP contribution in [0.25, 0.3) is 0 Å². The molecule has 1 aromatic rings. The van der Waals surface area contributed by atoms with E-state index in [0.717, 1.165) is 50.6 Å². The molecular formula is C25H36N4O4S2. The fourth-order valence-corrected chi connectivity index (χ4v) is 7.08. The Labute approximate surface area is 216 Å². The Balaban J connectivity index is 1.38. The molecule has 0 spiro atoms. The van der Waals surface area contributed by atoms with Crippen LogP contribution < -0.4 is 10.6 Å². The van der Waals surface area contributed by atoms with E-state index in [-0.39, 0.29) is 23.1 Å². The van der Waals surface area contributed by atoms with Crippen LogP contribution in [0.3, 0.4) is 0 Å². The number of hydrogen-bond donors (Lipinski definition) is 2. The zero-order valence-electron chi connectivity index (χ0n) is 20.7. The maximum absolute atomic E-state index is 13.6. The molecule has 192 valence electrons. The van der Waals surface area contributed by atoms with E-state index in [4.69, 9.17) is 4.74 Å². The average Bonchev–Trinajstić information content (AvgIpc) is 3.28. The highest BCUT2D eigenvalue weighted by Gasteiger charge is 2.57. The van der Waals surface area contributed by atoms with Crippen LogP contribution >= 0.6 is 23.5 Å². The highest BCUT2D eigenvalue weighted by molar-refractivity contribution is 8.01. The molecule has 3 atom stereocenters. The zero-order valence-corrected chi connectivity index (χ0v) is 22.4. The fourth-order valence-electron chi connectivity index (χ4n) is 5.02. The summed E-state index contributed by atoms with van der Waals surface area (Å²) in [7, 11) is 0. The maximum atomic E-state index is 13.6. The number of amides is 3. The van der Waals surface area contributed by atoms with Crippen molar-refractivity contribution in [3.8, 4) is 0 Å². The second-order valence-corrected chi connectivity index (χ2v) is 12.4. The first-order valence-electron chi connectivity index (χ1n) is 12.3. The van der Waals surface area contributed by atoms with Crippen LogP contribution in [0.2, 0.25) is 0 Å². The number of rotatable bonds is 10. The van der Waals surface area contributed by atoms with Crippen molar-refractivity contribution in [2.75, 3.05) is 51.4 Å². The second kappa shape index (κ2) is 11.5. The van der Waals surface area contributed by atoms with Gasteiger partial charge in [-0.3, -0.25) is 19.3 Å². The molecule has 0 saturated carbocycles. The molecule has 2 N–H and O–H groups in total. The number of nitrogens with one attached hydrogen (secondary N) is 2. The van der Waals surface area contributed by atoms with E-state index in [2.05, 4.69) is 15.5 Å². The molecule has 35 heavy (non-hydrogen) atoms. The van der Waals surface area contributed by atoms with Crippen molar-refractivity contribution in [3.63, 3.8) is 0 Å². The molecule has 2 fully saturated rings. The molecule has 0 aromatic heterocycles. The first-order chi connectivity index (χ1) is 16.8. The smallest absolute Gasteiger partial charge is 0.256 e. The third-order valence-corrected chi connectivity index (χ3v) is 9.02. The Kier molecular flexibility index (Phi) is 8.67. The summed E-state index contributed by atoms with van der Waals surface area (Å²) in [6, 6.07) is 6.29. The van der Waals surface area contributed by atoms with Gasteiger partial charge in [0, 0.05) is 29.9 Å². The molecule has 1 aromatic carbocycles. The van der Waals surface area contributed by atoms with Crippen LogP contribution in [0.4, 0.5) is 0 Å². The Morgan fingerprint density at radius 3 is 2.74 bits per heavy atom. The molecule has 0 aliphatic carbocycles. The lowest BCUT2D eigenvalue weighted by molar-refractivity contribution is -0.131. The summed E-state index contributed by atoms with van der Waals surface area (Å²) in [6.45, 7) is 8.85. The fraction of sp³-hybridized carbons (Fsp3) is 0.640. The van der Waals surface area contributed by atoms with Gasteiger partial charge >= 0.3 is 0 Å². The predicted molar refractivity (Wildman–Crippen MR) is 141 cm³/mol. The van der Waals surface area contributed by atoms with Gasteiger partial charge in [-0.25, -0.2) is 0 Å². The van der Waals surface area contributed by atoms with Crippen LogP contribution in [0.5, 0.6) is 0 Å². The van der Waals surface area contributed by atoms with Gasteiger partial charge in [-0.1, -0.05) is 18.2 Å². The monoisotopic (exact) mass is 520 g/mol. The van der Waals surface area contributed by atoms with E-state index in [0.29, 0.717) is 18.5 Å². The number of carbonyl (C=O) groups excluding carboxylic acids is 3. The van der Waals surface area contributed by atoms with Gasteiger partial charge in [0.25, 0.3) is 5.91 Å². The minimum absolute atomic E-state index is 0.114. The molecule has 3 heterocycles. The molecule has 0 radical (unpaired) electrons. The zero-order chi connectivity index (χ0) is 25.0. The highest BCUT2D eigenvalue weighted by Crippen LogP contribution is 2.56. The van der Waals surface area contributed by atoms with Crippen LogP contribution in [0, 0.1) is 0 Å². The van der Waals surface area contributed by atoms with Gasteiger partial charge in [0.2, 0.25) is 11.8 Å². The Hall–Kier alpha value is -1.75. The largest absolute Gasteiger partial charge is 0.379 e. The van der Waals surface area contributed by atoms with Crippen molar-refractivity contribution in [1.82, 2.24) is 20.4 Å². The van der Waals surface area contributed by atoms with E-state index in [1.54, 1.807) is 28.4 Å². The number of fused-ring (bicyclic) bond motifs is 3. The molecule has 0 unspecified atom stereocenters. The minimum Gasteiger partial charge on any atom is -0.379 e. The third kappa shape index (κ3) is 5.81.